The first kappa shape index (κ1) is 17.4. The van der Waals surface area contributed by atoms with Crippen molar-refractivity contribution in [1.29, 1.82) is 0 Å². The molecule has 0 fully saturated rings. The van der Waals surface area contributed by atoms with Crippen molar-refractivity contribution >= 4 is 28.5 Å². The summed E-state index contributed by atoms with van der Waals surface area (Å²) in [7, 11) is 0. The minimum atomic E-state index is -0.238. The second-order valence-corrected chi connectivity index (χ2v) is 6.92. The van der Waals surface area contributed by atoms with E-state index in [0.717, 1.165) is 27.6 Å². The number of halogens is 1. The second-order valence-electron chi connectivity index (χ2n) is 6.48. The summed E-state index contributed by atoms with van der Waals surface area (Å²) in [5.41, 5.74) is 4.51. The fourth-order valence-electron chi connectivity index (χ4n) is 3.13. The van der Waals surface area contributed by atoms with Gasteiger partial charge in [0.2, 0.25) is 5.76 Å². The monoisotopic (exact) mass is 375 g/mol. The van der Waals surface area contributed by atoms with Gasteiger partial charge in [0.15, 0.2) is 0 Å². The van der Waals surface area contributed by atoms with E-state index in [2.05, 4.69) is 5.32 Å². The molecular formula is C23H18ClNO2. The van der Waals surface area contributed by atoms with Gasteiger partial charge in [0.05, 0.1) is 0 Å². The lowest BCUT2D eigenvalue weighted by Crippen LogP contribution is -2.22. The van der Waals surface area contributed by atoms with Gasteiger partial charge in [-0.1, -0.05) is 65.7 Å². The molecule has 0 radical (unpaired) electrons. The minimum absolute atomic E-state index is 0.238. The van der Waals surface area contributed by atoms with Crippen LogP contribution in [0.3, 0.4) is 0 Å². The molecule has 0 aliphatic rings. The van der Waals surface area contributed by atoms with Crippen molar-refractivity contribution in [3.8, 4) is 11.1 Å². The SMILES string of the molecule is Cc1ccc2oc(C(=O)NCc3ccccc3)c(-c3ccc(Cl)cc3)c2c1. The highest BCUT2D eigenvalue weighted by Gasteiger charge is 2.22. The van der Waals surface area contributed by atoms with Crippen molar-refractivity contribution in [3.63, 3.8) is 0 Å². The normalized spacial score (nSPS) is 10.9. The van der Waals surface area contributed by atoms with E-state index in [1.165, 1.54) is 0 Å². The van der Waals surface area contributed by atoms with Crippen LogP contribution < -0.4 is 5.32 Å². The molecule has 1 N–H and O–H groups in total. The van der Waals surface area contributed by atoms with Gasteiger partial charge in [0.25, 0.3) is 5.91 Å². The number of furan rings is 1. The zero-order valence-electron chi connectivity index (χ0n) is 14.8. The van der Waals surface area contributed by atoms with E-state index < -0.39 is 0 Å². The Labute approximate surface area is 162 Å². The molecule has 0 saturated heterocycles. The van der Waals surface area contributed by atoms with Crippen LogP contribution in [0.15, 0.2) is 77.2 Å². The Hall–Kier alpha value is -3.04. The largest absolute Gasteiger partial charge is 0.450 e. The molecule has 134 valence electrons. The van der Waals surface area contributed by atoms with Gasteiger partial charge in [0.1, 0.15) is 5.58 Å². The molecular weight excluding hydrogens is 358 g/mol. The molecule has 1 heterocycles. The van der Waals surface area contributed by atoms with E-state index in [-0.39, 0.29) is 5.91 Å². The molecule has 3 nitrogen and oxygen atoms in total. The van der Waals surface area contributed by atoms with Crippen LogP contribution in [-0.2, 0) is 6.54 Å². The van der Waals surface area contributed by atoms with Crippen LogP contribution in [0.2, 0.25) is 5.02 Å². The number of nitrogens with one attached hydrogen (secondary N) is 1. The van der Waals surface area contributed by atoms with Crippen LogP contribution in [0.1, 0.15) is 21.7 Å². The lowest BCUT2D eigenvalue weighted by atomic mass is 10.0. The average molecular weight is 376 g/mol. The van der Waals surface area contributed by atoms with Gasteiger partial charge in [-0.05, 0) is 42.3 Å². The van der Waals surface area contributed by atoms with Crippen molar-refractivity contribution in [2.45, 2.75) is 13.5 Å². The molecule has 0 atom stereocenters. The fraction of sp³-hybridized carbons (Fsp3) is 0.0870. The average Bonchev–Trinajstić information content (AvgIpc) is 3.06. The molecule has 0 unspecified atom stereocenters. The number of hydrogen-bond donors (Lipinski definition) is 1. The quantitative estimate of drug-likeness (QED) is 0.476. The van der Waals surface area contributed by atoms with Crippen molar-refractivity contribution < 1.29 is 9.21 Å². The number of carbonyl (C=O) groups is 1. The lowest BCUT2D eigenvalue weighted by Gasteiger charge is -2.06. The number of benzene rings is 3. The predicted molar refractivity (Wildman–Crippen MR) is 109 cm³/mol. The zero-order chi connectivity index (χ0) is 18.8. The van der Waals surface area contributed by atoms with Crippen molar-refractivity contribution in [1.82, 2.24) is 5.32 Å². The molecule has 1 aromatic heterocycles. The summed E-state index contributed by atoms with van der Waals surface area (Å²) in [6, 6.07) is 23.2. The van der Waals surface area contributed by atoms with E-state index in [9.17, 15) is 4.79 Å². The minimum Gasteiger partial charge on any atom is -0.450 e. The van der Waals surface area contributed by atoms with Gasteiger partial charge in [-0.15, -0.1) is 0 Å². The molecule has 0 spiro atoms. The van der Waals surface area contributed by atoms with Crippen LogP contribution in [-0.4, -0.2) is 5.91 Å². The third kappa shape index (κ3) is 3.60. The topological polar surface area (TPSA) is 42.2 Å². The molecule has 3 aromatic carbocycles. The number of aryl methyl sites for hydroxylation is 1. The highest BCUT2D eigenvalue weighted by molar-refractivity contribution is 6.30. The maximum absolute atomic E-state index is 12.9. The maximum Gasteiger partial charge on any atom is 0.287 e. The van der Waals surface area contributed by atoms with Crippen LogP contribution in [0.25, 0.3) is 22.1 Å². The highest BCUT2D eigenvalue weighted by atomic mass is 35.5. The van der Waals surface area contributed by atoms with Crippen LogP contribution in [0, 0.1) is 6.92 Å². The van der Waals surface area contributed by atoms with Crippen molar-refractivity contribution in [3.05, 3.63) is 94.7 Å². The van der Waals surface area contributed by atoms with Gasteiger partial charge >= 0.3 is 0 Å². The summed E-state index contributed by atoms with van der Waals surface area (Å²) in [5, 5.41) is 4.52. The number of carbonyl (C=O) groups excluding carboxylic acids is 1. The van der Waals surface area contributed by atoms with E-state index in [4.69, 9.17) is 16.0 Å². The van der Waals surface area contributed by atoms with E-state index in [0.29, 0.717) is 22.9 Å². The van der Waals surface area contributed by atoms with E-state index in [1.54, 1.807) is 0 Å². The summed E-state index contributed by atoms with van der Waals surface area (Å²) in [4.78, 5) is 12.9. The Balaban J connectivity index is 1.76. The summed E-state index contributed by atoms with van der Waals surface area (Å²) < 4.78 is 5.94. The number of amides is 1. The summed E-state index contributed by atoms with van der Waals surface area (Å²) in [5.74, 6) is 0.0755. The van der Waals surface area contributed by atoms with Gasteiger partial charge in [0, 0.05) is 22.5 Å². The molecule has 0 saturated carbocycles. The van der Waals surface area contributed by atoms with E-state index >= 15 is 0 Å². The molecule has 0 aliphatic heterocycles. The van der Waals surface area contributed by atoms with Gasteiger partial charge in [-0.25, -0.2) is 0 Å². The first-order chi connectivity index (χ1) is 13.1. The smallest absolute Gasteiger partial charge is 0.287 e. The van der Waals surface area contributed by atoms with Crippen molar-refractivity contribution in [2.75, 3.05) is 0 Å². The van der Waals surface area contributed by atoms with Crippen LogP contribution in [0.4, 0.5) is 0 Å². The Bertz CT molecular complexity index is 1100. The van der Waals surface area contributed by atoms with Crippen LogP contribution in [0.5, 0.6) is 0 Å². The molecule has 0 bridgehead atoms. The molecule has 1 amide bonds. The third-order valence-electron chi connectivity index (χ3n) is 4.48. The van der Waals surface area contributed by atoms with E-state index in [1.807, 2.05) is 79.7 Å². The molecule has 0 aliphatic carbocycles. The first-order valence-electron chi connectivity index (χ1n) is 8.73. The zero-order valence-corrected chi connectivity index (χ0v) is 15.6. The fourth-order valence-corrected chi connectivity index (χ4v) is 3.26. The predicted octanol–water partition coefficient (Wildman–Crippen LogP) is 5.99. The third-order valence-corrected chi connectivity index (χ3v) is 4.73. The molecule has 4 rings (SSSR count). The second kappa shape index (κ2) is 7.29. The summed E-state index contributed by atoms with van der Waals surface area (Å²) in [6.07, 6.45) is 0. The van der Waals surface area contributed by atoms with Gasteiger partial charge in [-0.3, -0.25) is 4.79 Å². The number of hydrogen-bond acceptors (Lipinski definition) is 2. The molecule has 27 heavy (non-hydrogen) atoms. The lowest BCUT2D eigenvalue weighted by molar-refractivity contribution is 0.0926. The Kier molecular flexibility index (Phi) is 4.69. The number of rotatable bonds is 4. The standard InChI is InChI=1S/C23H18ClNO2/c1-15-7-12-20-19(13-15)21(17-8-10-18(24)11-9-17)22(27-20)23(26)25-14-16-5-3-2-4-6-16/h2-13H,14H2,1H3,(H,25,26). The van der Waals surface area contributed by atoms with Gasteiger partial charge in [-0.2, -0.15) is 0 Å². The Morgan fingerprint density at radius 2 is 1.74 bits per heavy atom. The number of fused-ring (bicyclic) bond motifs is 1. The summed E-state index contributed by atoms with van der Waals surface area (Å²) >= 11 is 6.03. The maximum atomic E-state index is 12.9. The van der Waals surface area contributed by atoms with Gasteiger partial charge < -0.3 is 9.73 Å². The van der Waals surface area contributed by atoms with Crippen molar-refractivity contribution in [2.24, 2.45) is 0 Å². The first-order valence-corrected chi connectivity index (χ1v) is 9.11. The Morgan fingerprint density at radius 1 is 1.00 bits per heavy atom. The van der Waals surface area contributed by atoms with Crippen LogP contribution >= 0.6 is 11.6 Å². The highest BCUT2D eigenvalue weighted by Crippen LogP contribution is 2.36. The molecule has 4 heteroatoms. The molecule has 4 aromatic rings. The Morgan fingerprint density at radius 3 is 2.48 bits per heavy atom. The summed E-state index contributed by atoms with van der Waals surface area (Å²) in [6.45, 7) is 2.46.